The average Bonchev–Trinajstić information content (AvgIpc) is 2.41. The number of nitrogens with two attached hydrogens (primary N) is 1. The van der Waals surface area contributed by atoms with Crippen molar-refractivity contribution in [2.45, 2.75) is 6.42 Å². The highest BCUT2D eigenvalue weighted by Crippen LogP contribution is 2.26. The van der Waals surface area contributed by atoms with E-state index in [9.17, 15) is 4.39 Å². The van der Waals surface area contributed by atoms with E-state index in [0.717, 1.165) is 18.7 Å². The zero-order chi connectivity index (χ0) is 13.8. The fraction of sp³-hybridized carbons (Fsp3) is 0.200. The van der Waals surface area contributed by atoms with Gasteiger partial charge in [0, 0.05) is 19.7 Å². The molecular weight excluding hydrogens is 354 g/mol. The Hall–Kier alpha value is -1.30. The lowest BCUT2D eigenvalue weighted by Crippen LogP contribution is -2.21. The molecule has 100 valence electrons. The van der Waals surface area contributed by atoms with Gasteiger partial charge in [0.25, 0.3) is 0 Å². The minimum absolute atomic E-state index is 0.226. The van der Waals surface area contributed by atoms with E-state index in [0.29, 0.717) is 9.26 Å². The van der Waals surface area contributed by atoms with Gasteiger partial charge >= 0.3 is 0 Å². The lowest BCUT2D eigenvalue weighted by Gasteiger charge is -2.21. The first-order valence-electron chi connectivity index (χ1n) is 6.07. The largest absolute Gasteiger partial charge is 0.397 e. The number of likely N-dealkylation sites (N-methyl/N-ethyl adjacent to an activating group) is 1. The Morgan fingerprint density at radius 2 is 1.89 bits per heavy atom. The van der Waals surface area contributed by atoms with Crippen LogP contribution in [-0.2, 0) is 6.42 Å². The molecule has 2 aromatic carbocycles. The van der Waals surface area contributed by atoms with Crippen molar-refractivity contribution < 1.29 is 4.39 Å². The zero-order valence-electron chi connectivity index (χ0n) is 10.7. The molecule has 0 aliphatic rings. The fourth-order valence-electron chi connectivity index (χ4n) is 1.94. The van der Waals surface area contributed by atoms with Crippen LogP contribution in [0.4, 0.5) is 15.8 Å². The molecule has 2 N–H and O–H groups in total. The van der Waals surface area contributed by atoms with Gasteiger partial charge in [0.15, 0.2) is 0 Å². The lowest BCUT2D eigenvalue weighted by molar-refractivity contribution is 0.620. The molecule has 2 aromatic rings. The summed E-state index contributed by atoms with van der Waals surface area (Å²) in [5.74, 6) is -0.226. The standard InChI is InChI=1S/C15H16FIN2/c1-19(8-7-11-5-3-2-4-6-11)15-9-12(16)13(17)10-14(15)18/h2-6,9-10H,7-8,18H2,1H3. The van der Waals surface area contributed by atoms with Gasteiger partial charge in [-0.25, -0.2) is 4.39 Å². The Balaban J connectivity index is 2.08. The van der Waals surface area contributed by atoms with Crippen LogP contribution in [0.15, 0.2) is 42.5 Å². The minimum Gasteiger partial charge on any atom is -0.397 e. The second-order valence-corrected chi connectivity index (χ2v) is 5.64. The average molecular weight is 370 g/mol. The number of anilines is 2. The number of hydrogen-bond donors (Lipinski definition) is 1. The van der Waals surface area contributed by atoms with E-state index >= 15 is 0 Å². The summed E-state index contributed by atoms with van der Waals surface area (Å²) in [6.45, 7) is 0.800. The highest BCUT2D eigenvalue weighted by molar-refractivity contribution is 14.1. The molecule has 19 heavy (non-hydrogen) atoms. The summed E-state index contributed by atoms with van der Waals surface area (Å²) in [7, 11) is 1.93. The SMILES string of the molecule is CN(CCc1ccccc1)c1cc(F)c(I)cc1N. The maximum atomic E-state index is 13.6. The highest BCUT2D eigenvalue weighted by Gasteiger charge is 2.09. The van der Waals surface area contributed by atoms with E-state index in [-0.39, 0.29) is 5.82 Å². The molecule has 0 heterocycles. The van der Waals surface area contributed by atoms with Crippen molar-refractivity contribution in [1.82, 2.24) is 0 Å². The Morgan fingerprint density at radius 1 is 1.21 bits per heavy atom. The predicted molar refractivity (Wildman–Crippen MR) is 86.9 cm³/mol. The minimum atomic E-state index is -0.226. The number of halogens is 2. The van der Waals surface area contributed by atoms with Crippen LogP contribution < -0.4 is 10.6 Å². The van der Waals surface area contributed by atoms with Gasteiger partial charge in [0.05, 0.1) is 14.9 Å². The quantitative estimate of drug-likeness (QED) is 0.657. The van der Waals surface area contributed by atoms with Gasteiger partial charge < -0.3 is 10.6 Å². The van der Waals surface area contributed by atoms with Crippen LogP contribution in [0.3, 0.4) is 0 Å². The molecule has 0 amide bonds. The molecule has 0 aliphatic heterocycles. The van der Waals surface area contributed by atoms with Crippen LogP contribution in [0.25, 0.3) is 0 Å². The maximum absolute atomic E-state index is 13.6. The second-order valence-electron chi connectivity index (χ2n) is 4.48. The van der Waals surface area contributed by atoms with Crippen LogP contribution in [-0.4, -0.2) is 13.6 Å². The van der Waals surface area contributed by atoms with E-state index in [1.165, 1.54) is 11.6 Å². The summed E-state index contributed by atoms with van der Waals surface area (Å²) in [6, 6.07) is 13.4. The number of nitrogen functional groups attached to an aromatic ring is 1. The lowest BCUT2D eigenvalue weighted by atomic mass is 10.1. The van der Waals surface area contributed by atoms with Crippen molar-refractivity contribution in [3.63, 3.8) is 0 Å². The maximum Gasteiger partial charge on any atom is 0.138 e. The molecule has 0 spiro atoms. The summed E-state index contributed by atoms with van der Waals surface area (Å²) in [6.07, 6.45) is 0.907. The molecule has 0 radical (unpaired) electrons. The van der Waals surface area contributed by atoms with E-state index < -0.39 is 0 Å². The van der Waals surface area contributed by atoms with Gasteiger partial charge in [0.1, 0.15) is 5.82 Å². The smallest absolute Gasteiger partial charge is 0.138 e. The Labute approximate surface area is 126 Å². The third-order valence-electron chi connectivity index (χ3n) is 3.06. The molecule has 0 atom stereocenters. The van der Waals surface area contributed by atoms with Crippen LogP contribution in [0.1, 0.15) is 5.56 Å². The Kier molecular flexibility index (Phi) is 4.63. The Bertz CT molecular complexity index is 558. The van der Waals surface area contributed by atoms with Crippen molar-refractivity contribution in [3.8, 4) is 0 Å². The van der Waals surface area contributed by atoms with Crippen LogP contribution in [0, 0.1) is 9.39 Å². The first-order chi connectivity index (χ1) is 9.08. The highest BCUT2D eigenvalue weighted by atomic mass is 127. The fourth-order valence-corrected chi connectivity index (χ4v) is 2.44. The van der Waals surface area contributed by atoms with Gasteiger partial charge in [0.2, 0.25) is 0 Å². The van der Waals surface area contributed by atoms with Crippen molar-refractivity contribution in [2.75, 3.05) is 24.2 Å². The van der Waals surface area contributed by atoms with Gasteiger partial charge in [-0.15, -0.1) is 0 Å². The number of benzene rings is 2. The van der Waals surface area contributed by atoms with Crippen molar-refractivity contribution in [2.24, 2.45) is 0 Å². The molecule has 0 fully saturated rings. The number of nitrogens with zero attached hydrogens (tertiary/aromatic N) is 1. The molecule has 0 saturated heterocycles. The summed E-state index contributed by atoms with van der Waals surface area (Å²) >= 11 is 1.95. The summed E-state index contributed by atoms with van der Waals surface area (Å²) in [5.41, 5.74) is 8.57. The van der Waals surface area contributed by atoms with Gasteiger partial charge in [-0.3, -0.25) is 0 Å². The number of hydrogen-bond acceptors (Lipinski definition) is 2. The first kappa shape index (κ1) is 14.1. The van der Waals surface area contributed by atoms with Crippen molar-refractivity contribution >= 4 is 34.0 Å². The second kappa shape index (κ2) is 6.23. The molecule has 0 aromatic heterocycles. The molecule has 4 heteroatoms. The van der Waals surface area contributed by atoms with E-state index in [4.69, 9.17) is 5.73 Å². The van der Waals surface area contributed by atoms with E-state index in [1.807, 2.05) is 52.7 Å². The topological polar surface area (TPSA) is 29.3 Å². The summed E-state index contributed by atoms with van der Waals surface area (Å²) in [4.78, 5) is 1.99. The molecule has 0 aliphatic carbocycles. The van der Waals surface area contributed by atoms with E-state index in [1.54, 1.807) is 6.07 Å². The van der Waals surface area contributed by atoms with Crippen molar-refractivity contribution in [1.29, 1.82) is 0 Å². The molecule has 2 nitrogen and oxygen atoms in total. The van der Waals surface area contributed by atoms with Gasteiger partial charge in [-0.05, 0) is 40.6 Å². The molecule has 2 rings (SSSR count). The van der Waals surface area contributed by atoms with Gasteiger partial charge in [-0.1, -0.05) is 30.3 Å². The summed E-state index contributed by atoms with van der Waals surface area (Å²) in [5, 5.41) is 0. The monoisotopic (exact) mass is 370 g/mol. The van der Waals surface area contributed by atoms with Crippen LogP contribution >= 0.6 is 22.6 Å². The number of rotatable bonds is 4. The molecule has 0 unspecified atom stereocenters. The van der Waals surface area contributed by atoms with E-state index in [2.05, 4.69) is 12.1 Å². The van der Waals surface area contributed by atoms with Crippen LogP contribution in [0.2, 0.25) is 0 Å². The predicted octanol–water partition coefficient (Wildman–Crippen LogP) is 3.69. The molecule has 0 saturated carbocycles. The normalized spacial score (nSPS) is 10.5. The first-order valence-corrected chi connectivity index (χ1v) is 7.15. The van der Waals surface area contributed by atoms with Gasteiger partial charge in [-0.2, -0.15) is 0 Å². The van der Waals surface area contributed by atoms with Crippen LogP contribution in [0.5, 0.6) is 0 Å². The summed E-state index contributed by atoms with van der Waals surface area (Å²) < 4.78 is 14.1. The third-order valence-corrected chi connectivity index (χ3v) is 3.89. The molecular formula is C15H16FIN2. The zero-order valence-corrected chi connectivity index (χ0v) is 12.9. The van der Waals surface area contributed by atoms with Crippen molar-refractivity contribution in [3.05, 3.63) is 57.4 Å². The third kappa shape index (κ3) is 3.59. The Morgan fingerprint density at radius 3 is 2.58 bits per heavy atom. The molecule has 0 bridgehead atoms.